The minimum absolute atomic E-state index is 0. The Labute approximate surface area is 101 Å². The number of hydrogen-bond donors (Lipinski definition) is 3. The summed E-state index contributed by atoms with van der Waals surface area (Å²) in [5, 5.41) is 0. The molecule has 0 fully saturated rings. The third-order valence-corrected chi connectivity index (χ3v) is 0.311. The minimum atomic E-state index is -4.80. The molecule has 4 nitrogen and oxygen atoms in total. The number of halogens is 1. The molecule has 0 unspecified atom stereocenters. The molecule has 1 radical (unpaired) electrons. The van der Waals surface area contributed by atoms with Crippen LogP contribution in [0.4, 0.5) is 4.53 Å². The number of hydrogen-bond acceptors (Lipinski definition) is 4. The van der Waals surface area contributed by atoms with Crippen LogP contribution >= 0.6 is 0 Å². The third kappa shape index (κ3) is 15.7. The van der Waals surface area contributed by atoms with E-state index in [4.69, 9.17) is 14.4 Å². The van der Waals surface area contributed by atoms with Crippen molar-refractivity contribution in [1.29, 1.82) is 0 Å². The second kappa shape index (κ2) is 7.25. The van der Waals surface area contributed by atoms with Gasteiger partial charge in [0.05, 0.1) is 0 Å². The molecule has 8 heteroatoms. The maximum absolute atomic E-state index is 10.3. The van der Waals surface area contributed by atoms with Crippen molar-refractivity contribution < 1.29 is 93.4 Å². The Balaban J connectivity index is -0.0000000417. The summed E-state index contributed by atoms with van der Waals surface area (Å²) in [6, 6.07) is 0. The van der Waals surface area contributed by atoms with E-state index in [1.807, 2.05) is 0 Å². The Morgan fingerprint density at radius 2 is 1.50 bits per heavy atom. The van der Waals surface area contributed by atoms with Gasteiger partial charge in [-0.05, 0) is 0 Å². The molecule has 0 atom stereocenters. The average Bonchev–Trinajstić information content (AvgIpc) is 1.35. The van der Waals surface area contributed by atoms with Crippen LogP contribution in [-0.4, -0.2) is 23.4 Å². The van der Waals surface area contributed by atoms with E-state index in [0.29, 0.717) is 0 Å². The fraction of sp³-hybridized carbons (Fsp3) is 0. The SMILES string of the molecule is O[Si](O)(O)OF.[H-].[K+].[Mn]. The van der Waals surface area contributed by atoms with Gasteiger partial charge < -0.3 is 15.8 Å². The molecule has 0 aliphatic carbocycles. The second-order valence-electron chi connectivity index (χ2n) is 0.651. The fourth-order valence-electron chi connectivity index (χ4n) is 0. The molecule has 0 aromatic rings. The molecule has 3 N–H and O–H groups in total. The van der Waals surface area contributed by atoms with Crippen molar-refractivity contribution in [3.05, 3.63) is 0 Å². The van der Waals surface area contributed by atoms with E-state index >= 15 is 0 Å². The summed E-state index contributed by atoms with van der Waals surface area (Å²) >= 11 is 0. The molecule has 0 spiro atoms. The zero-order valence-electron chi connectivity index (χ0n) is 5.01. The molecule has 47 valence electrons. The first kappa shape index (κ1) is 16.6. The summed E-state index contributed by atoms with van der Waals surface area (Å²) in [4.78, 5) is 22.4. The summed E-state index contributed by atoms with van der Waals surface area (Å²) in [7, 11) is -4.80. The summed E-state index contributed by atoms with van der Waals surface area (Å²) in [6.45, 7) is 0. The standard InChI is InChI=1S/FH3O4Si.K.Mn.H/c1-5-6(2,3)4;;;/h2-4H;;;/q;+1;;-1. The molecular weight excluding hydrogens is 205 g/mol. The van der Waals surface area contributed by atoms with Gasteiger partial charge in [0.15, 0.2) is 0 Å². The van der Waals surface area contributed by atoms with Crippen molar-refractivity contribution in [1.82, 2.24) is 0 Å². The van der Waals surface area contributed by atoms with Gasteiger partial charge in [-0.15, -0.1) is 0 Å². The summed E-state index contributed by atoms with van der Waals surface area (Å²) in [5.41, 5.74) is 0. The summed E-state index contributed by atoms with van der Waals surface area (Å²) in [5.74, 6) is 0. The quantitative estimate of drug-likeness (QED) is 0.380. The van der Waals surface area contributed by atoms with Crippen molar-refractivity contribution >= 4 is 9.05 Å². The largest absolute Gasteiger partial charge is 1.00 e. The maximum Gasteiger partial charge on any atom is 1.00 e. The van der Waals surface area contributed by atoms with Crippen LogP contribution in [0.3, 0.4) is 0 Å². The van der Waals surface area contributed by atoms with Crippen LogP contribution in [-0.2, 0) is 21.7 Å². The monoisotopic (exact) mass is 209 g/mol. The van der Waals surface area contributed by atoms with E-state index in [2.05, 4.69) is 4.63 Å². The molecule has 0 bridgehead atoms. The first-order valence-corrected chi connectivity index (χ1v) is 2.78. The van der Waals surface area contributed by atoms with E-state index in [-0.39, 0.29) is 69.9 Å². The van der Waals surface area contributed by atoms with Crippen LogP contribution in [0.2, 0.25) is 0 Å². The molecule has 0 aromatic carbocycles. The van der Waals surface area contributed by atoms with Crippen LogP contribution in [0.5, 0.6) is 0 Å². The molecule has 0 aliphatic rings. The van der Waals surface area contributed by atoms with E-state index in [1.54, 1.807) is 0 Å². The van der Waals surface area contributed by atoms with E-state index in [0.717, 1.165) is 0 Å². The predicted molar refractivity (Wildman–Crippen MR) is 15.7 cm³/mol. The fourth-order valence-corrected chi connectivity index (χ4v) is 0. The molecule has 8 heavy (non-hydrogen) atoms. The van der Waals surface area contributed by atoms with Gasteiger partial charge >= 0.3 is 60.4 Å². The topological polar surface area (TPSA) is 69.9 Å². The normalized spacial score (nSPS) is 9.00. The van der Waals surface area contributed by atoms with Crippen LogP contribution in [0.25, 0.3) is 0 Å². The van der Waals surface area contributed by atoms with Gasteiger partial charge in [-0.25, -0.2) is 0 Å². The Morgan fingerprint density at radius 3 is 1.50 bits per heavy atom. The average molecular weight is 209 g/mol. The van der Waals surface area contributed by atoms with E-state index < -0.39 is 9.05 Å². The zero-order chi connectivity index (χ0) is 5.21. The van der Waals surface area contributed by atoms with Crippen molar-refractivity contribution in [2.45, 2.75) is 0 Å². The third-order valence-electron chi connectivity index (χ3n) is 0.104. The maximum atomic E-state index is 10.3. The smallest absolute Gasteiger partial charge is 1.00 e. The Kier molecular flexibility index (Phi) is 15.1. The van der Waals surface area contributed by atoms with Gasteiger partial charge in [0.25, 0.3) is 0 Å². The van der Waals surface area contributed by atoms with Gasteiger partial charge in [0.1, 0.15) is 0 Å². The van der Waals surface area contributed by atoms with Gasteiger partial charge in [0.2, 0.25) is 0 Å². The van der Waals surface area contributed by atoms with Crippen molar-refractivity contribution in [3.8, 4) is 0 Å². The molecular formula is H4FKMnO4Si. The molecule has 0 aromatic heterocycles. The van der Waals surface area contributed by atoms with Crippen molar-refractivity contribution in [2.24, 2.45) is 0 Å². The van der Waals surface area contributed by atoms with Gasteiger partial charge in [0, 0.05) is 17.1 Å². The minimum Gasteiger partial charge on any atom is -1.00 e. The Hall–Kier alpha value is 2.14. The summed E-state index contributed by atoms with van der Waals surface area (Å²) < 4.78 is 12.6. The Morgan fingerprint density at radius 1 is 1.38 bits per heavy atom. The van der Waals surface area contributed by atoms with Crippen molar-refractivity contribution in [3.63, 3.8) is 0 Å². The Bertz CT molecular complexity index is 50.3. The number of rotatable bonds is 1. The first-order valence-electron chi connectivity index (χ1n) is 1.03. The van der Waals surface area contributed by atoms with Crippen LogP contribution < -0.4 is 51.4 Å². The first-order chi connectivity index (χ1) is 2.56. The second-order valence-corrected chi connectivity index (χ2v) is 1.95. The van der Waals surface area contributed by atoms with Crippen LogP contribution in [0, 0.1) is 0 Å². The van der Waals surface area contributed by atoms with E-state index in [1.165, 1.54) is 0 Å². The van der Waals surface area contributed by atoms with Crippen LogP contribution in [0.1, 0.15) is 1.43 Å². The van der Waals surface area contributed by atoms with E-state index in [9.17, 15) is 4.53 Å². The van der Waals surface area contributed by atoms with Gasteiger partial charge in [-0.2, -0.15) is 4.63 Å². The summed E-state index contributed by atoms with van der Waals surface area (Å²) in [6.07, 6.45) is 0. The van der Waals surface area contributed by atoms with Gasteiger partial charge in [-0.1, -0.05) is 4.53 Å². The van der Waals surface area contributed by atoms with Gasteiger partial charge in [-0.3, -0.25) is 0 Å². The molecule has 0 amide bonds. The predicted octanol–water partition coefficient (Wildman–Crippen LogP) is -4.59. The molecule has 0 heterocycles. The molecule has 0 rings (SSSR count). The van der Waals surface area contributed by atoms with Crippen molar-refractivity contribution in [2.75, 3.05) is 0 Å². The molecule has 0 saturated heterocycles. The molecule has 0 saturated carbocycles. The van der Waals surface area contributed by atoms with Crippen LogP contribution in [0.15, 0.2) is 0 Å². The zero-order valence-corrected chi connectivity index (χ0v) is 9.31. The molecule has 0 aliphatic heterocycles.